The van der Waals surface area contributed by atoms with Crippen LogP contribution < -0.4 is 5.32 Å². The van der Waals surface area contributed by atoms with Crippen molar-refractivity contribution in [2.45, 2.75) is 58.0 Å². The van der Waals surface area contributed by atoms with Crippen LogP contribution in [0.5, 0.6) is 0 Å². The second-order valence-electron chi connectivity index (χ2n) is 4.84. The Balaban J connectivity index is 1.76. The molecule has 0 radical (unpaired) electrons. The van der Waals surface area contributed by atoms with Crippen LogP contribution in [0, 0.1) is 0 Å². The van der Waals surface area contributed by atoms with Gasteiger partial charge in [0.05, 0.1) is 0 Å². The molecule has 0 saturated heterocycles. The SMILES string of the molecule is CCCCCCCC1NCc2ccccc21. The van der Waals surface area contributed by atoms with Crippen LogP contribution >= 0.6 is 0 Å². The van der Waals surface area contributed by atoms with Crippen LogP contribution in [0.3, 0.4) is 0 Å². The molecule has 1 unspecified atom stereocenters. The lowest BCUT2D eigenvalue weighted by Gasteiger charge is -2.11. The number of unbranched alkanes of at least 4 members (excludes halogenated alkanes) is 4. The molecule has 1 aromatic carbocycles. The number of benzene rings is 1. The van der Waals surface area contributed by atoms with Crippen molar-refractivity contribution < 1.29 is 0 Å². The average molecular weight is 217 g/mol. The lowest BCUT2D eigenvalue weighted by Crippen LogP contribution is -2.11. The van der Waals surface area contributed by atoms with E-state index in [9.17, 15) is 0 Å². The third kappa shape index (κ3) is 2.85. The number of hydrogen-bond donors (Lipinski definition) is 1. The van der Waals surface area contributed by atoms with E-state index in [0.29, 0.717) is 6.04 Å². The summed E-state index contributed by atoms with van der Waals surface area (Å²) in [6.07, 6.45) is 8.21. The van der Waals surface area contributed by atoms with E-state index in [2.05, 4.69) is 36.5 Å². The molecule has 0 saturated carbocycles. The Morgan fingerprint density at radius 2 is 1.94 bits per heavy atom. The van der Waals surface area contributed by atoms with E-state index >= 15 is 0 Å². The van der Waals surface area contributed by atoms with Crippen LogP contribution in [0.4, 0.5) is 0 Å². The first-order valence-electron chi connectivity index (χ1n) is 6.73. The molecule has 1 aliphatic heterocycles. The topological polar surface area (TPSA) is 12.0 Å². The Hall–Kier alpha value is -0.820. The van der Waals surface area contributed by atoms with Gasteiger partial charge in [0.15, 0.2) is 0 Å². The summed E-state index contributed by atoms with van der Waals surface area (Å²) in [6, 6.07) is 9.46. The van der Waals surface area contributed by atoms with E-state index in [4.69, 9.17) is 0 Å². The first-order chi connectivity index (χ1) is 7.92. The fourth-order valence-electron chi connectivity index (χ4n) is 2.59. The fraction of sp³-hybridized carbons (Fsp3) is 0.600. The summed E-state index contributed by atoms with van der Waals surface area (Å²) in [5.74, 6) is 0. The van der Waals surface area contributed by atoms with Crippen molar-refractivity contribution in [1.82, 2.24) is 5.32 Å². The van der Waals surface area contributed by atoms with E-state index in [1.807, 2.05) is 0 Å². The molecular weight excluding hydrogens is 194 g/mol. The predicted molar refractivity (Wildman–Crippen MR) is 69.4 cm³/mol. The van der Waals surface area contributed by atoms with Crippen molar-refractivity contribution in [2.24, 2.45) is 0 Å². The smallest absolute Gasteiger partial charge is 0.0326 e. The first kappa shape index (κ1) is 11.7. The quantitative estimate of drug-likeness (QED) is 0.704. The molecule has 0 spiro atoms. The van der Waals surface area contributed by atoms with Crippen molar-refractivity contribution in [2.75, 3.05) is 0 Å². The maximum atomic E-state index is 3.61. The van der Waals surface area contributed by atoms with Gasteiger partial charge in [-0.1, -0.05) is 63.3 Å². The van der Waals surface area contributed by atoms with Gasteiger partial charge in [0.1, 0.15) is 0 Å². The normalized spacial score (nSPS) is 18.7. The van der Waals surface area contributed by atoms with E-state index in [1.54, 1.807) is 0 Å². The maximum absolute atomic E-state index is 3.61. The highest BCUT2D eigenvalue weighted by molar-refractivity contribution is 5.33. The largest absolute Gasteiger partial charge is 0.306 e. The van der Waals surface area contributed by atoms with Crippen molar-refractivity contribution in [1.29, 1.82) is 0 Å². The van der Waals surface area contributed by atoms with Gasteiger partial charge in [-0.2, -0.15) is 0 Å². The molecule has 0 amide bonds. The van der Waals surface area contributed by atoms with Gasteiger partial charge < -0.3 is 5.32 Å². The first-order valence-corrected chi connectivity index (χ1v) is 6.73. The highest BCUT2D eigenvalue weighted by atomic mass is 14.9. The van der Waals surface area contributed by atoms with Crippen LogP contribution in [0.15, 0.2) is 24.3 Å². The van der Waals surface area contributed by atoms with Gasteiger partial charge in [-0.05, 0) is 17.5 Å². The van der Waals surface area contributed by atoms with Gasteiger partial charge in [0, 0.05) is 12.6 Å². The molecule has 2 rings (SSSR count). The molecule has 0 aliphatic carbocycles. The molecular formula is C15H23N. The third-order valence-corrected chi connectivity index (χ3v) is 3.57. The monoisotopic (exact) mass is 217 g/mol. The van der Waals surface area contributed by atoms with Gasteiger partial charge in [-0.15, -0.1) is 0 Å². The zero-order valence-corrected chi connectivity index (χ0v) is 10.3. The number of nitrogens with one attached hydrogen (secondary N) is 1. The fourth-order valence-corrected chi connectivity index (χ4v) is 2.59. The van der Waals surface area contributed by atoms with Gasteiger partial charge in [-0.3, -0.25) is 0 Å². The Bertz CT molecular complexity index is 319. The Kier molecular flexibility index (Phi) is 4.41. The predicted octanol–water partition coefficient (Wildman–Crippen LogP) is 4.19. The number of fused-ring (bicyclic) bond motifs is 1. The summed E-state index contributed by atoms with van der Waals surface area (Å²) in [6.45, 7) is 3.34. The summed E-state index contributed by atoms with van der Waals surface area (Å²) in [5.41, 5.74) is 3.04. The number of rotatable bonds is 6. The van der Waals surface area contributed by atoms with Gasteiger partial charge in [0.2, 0.25) is 0 Å². The minimum atomic E-state index is 0.623. The van der Waals surface area contributed by atoms with Crippen LogP contribution in [0.2, 0.25) is 0 Å². The standard InChI is InChI=1S/C15H23N/c1-2-3-4-5-6-11-15-14-10-8-7-9-13(14)12-16-15/h7-10,15-16H,2-6,11-12H2,1H3. The summed E-state index contributed by atoms with van der Waals surface area (Å²) in [7, 11) is 0. The van der Waals surface area contributed by atoms with Crippen LogP contribution in [-0.4, -0.2) is 0 Å². The zero-order chi connectivity index (χ0) is 11.2. The molecule has 1 N–H and O–H groups in total. The van der Waals surface area contributed by atoms with Crippen molar-refractivity contribution in [3.8, 4) is 0 Å². The van der Waals surface area contributed by atoms with E-state index < -0.39 is 0 Å². The highest BCUT2D eigenvalue weighted by Gasteiger charge is 2.19. The summed E-state index contributed by atoms with van der Waals surface area (Å²) < 4.78 is 0. The molecule has 0 bridgehead atoms. The Labute approximate surface area is 99.3 Å². The minimum absolute atomic E-state index is 0.623. The maximum Gasteiger partial charge on any atom is 0.0326 e. The molecule has 1 atom stereocenters. The second-order valence-corrected chi connectivity index (χ2v) is 4.84. The van der Waals surface area contributed by atoms with Crippen LogP contribution in [0.1, 0.15) is 62.6 Å². The van der Waals surface area contributed by atoms with Gasteiger partial charge in [0.25, 0.3) is 0 Å². The lowest BCUT2D eigenvalue weighted by atomic mass is 9.99. The molecule has 0 fully saturated rings. The van der Waals surface area contributed by atoms with E-state index in [0.717, 1.165) is 6.54 Å². The average Bonchev–Trinajstić information content (AvgIpc) is 2.73. The Morgan fingerprint density at radius 3 is 2.81 bits per heavy atom. The van der Waals surface area contributed by atoms with Gasteiger partial charge >= 0.3 is 0 Å². The van der Waals surface area contributed by atoms with Crippen molar-refractivity contribution in [3.63, 3.8) is 0 Å². The molecule has 1 heteroatoms. The summed E-state index contributed by atoms with van der Waals surface area (Å²) in [4.78, 5) is 0. The molecule has 88 valence electrons. The molecule has 1 aromatic rings. The van der Waals surface area contributed by atoms with Crippen LogP contribution in [0.25, 0.3) is 0 Å². The second kappa shape index (κ2) is 6.05. The molecule has 1 nitrogen and oxygen atoms in total. The van der Waals surface area contributed by atoms with E-state index in [1.165, 1.54) is 49.7 Å². The highest BCUT2D eigenvalue weighted by Crippen LogP contribution is 2.28. The summed E-state index contributed by atoms with van der Waals surface area (Å²) in [5, 5.41) is 3.61. The third-order valence-electron chi connectivity index (χ3n) is 3.57. The van der Waals surface area contributed by atoms with Crippen molar-refractivity contribution >= 4 is 0 Å². The zero-order valence-electron chi connectivity index (χ0n) is 10.3. The molecule has 1 heterocycles. The van der Waals surface area contributed by atoms with Crippen molar-refractivity contribution in [3.05, 3.63) is 35.4 Å². The van der Waals surface area contributed by atoms with Gasteiger partial charge in [-0.25, -0.2) is 0 Å². The molecule has 0 aromatic heterocycles. The minimum Gasteiger partial charge on any atom is -0.306 e. The molecule has 1 aliphatic rings. The van der Waals surface area contributed by atoms with Crippen LogP contribution in [-0.2, 0) is 6.54 Å². The Morgan fingerprint density at radius 1 is 1.12 bits per heavy atom. The molecule has 16 heavy (non-hydrogen) atoms. The van der Waals surface area contributed by atoms with E-state index in [-0.39, 0.29) is 0 Å². The number of hydrogen-bond acceptors (Lipinski definition) is 1. The summed E-state index contributed by atoms with van der Waals surface area (Å²) >= 11 is 0. The lowest BCUT2D eigenvalue weighted by molar-refractivity contribution is 0.498.